The maximum atomic E-state index is 12.8. The van der Waals surface area contributed by atoms with Gasteiger partial charge >= 0.3 is 6.03 Å². The summed E-state index contributed by atoms with van der Waals surface area (Å²) >= 11 is 0. The first-order valence-corrected chi connectivity index (χ1v) is 9.27. The third-order valence-corrected chi connectivity index (χ3v) is 4.89. The number of methoxy groups -OCH3 is 1. The van der Waals surface area contributed by atoms with Crippen LogP contribution in [0.3, 0.4) is 0 Å². The van der Waals surface area contributed by atoms with E-state index in [2.05, 4.69) is 15.5 Å². The molecule has 1 aliphatic rings. The van der Waals surface area contributed by atoms with Gasteiger partial charge in [0.1, 0.15) is 11.8 Å². The summed E-state index contributed by atoms with van der Waals surface area (Å²) in [5, 5.41) is 7.05. The van der Waals surface area contributed by atoms with Crippen molar-refractivity contribution in [2.45, 2.75) is 25.8 Å². The maximum Gasteiger partial charge on any atom is 0.322 e. The van der Waals surface area contributed by atoms with Gasteiger partial charge in [-0.05, 0) is 44.0 Å². The average Bonchev–Trinajstić information content (AvgIpc) is 3.39. The molecule has 1 fully saturated rings. The van der Waals surface area contributed by atoms with Crippen LogP contribution in [0.2, 0.25) is 0 Å². The molecular weight excluding hydrogens is 356 g/mol. The van der Waals surface area contributed by atoms with Gasteiger partial charge in [0.15, 0.2) is 0 Å². The third kappa shape index (κ3) is 3.55. The van der Waals surface area contributed by atoms with Crippen LogP contribution in [0.5, 0.6) is 5.75 Å². The smallest absolute Gasteiger partial charge is 0.322 e. The van der Waals surface area contributed by atoms with Crippen molar-refractivity contribution < 1.29 is 14.1 Å². The molecule has 2 heterocycles. The van der Waals surface area contributed by atoms with Crippen LogP contribution < -0.4 is 10.1 Å². The fourth-order valence-corrected chi connectivity index (χ4v) is 3.41. The van der Waals surface area contributed by atoms with Crippen LogP contribution in [0, 0.1) is 6.92 Å². The molecule has 1 aliphatic heterocycles. The Hall–Kier alpha value is -3.35. The van der Waals surface area contributed by atoms with E-state index in [1.54, 1.807) is 12.0 Å². The van der Waals surface area contributed by atoms with Crippen molar-refractivity contribution in [1.82, 2.24) is 15.0 Å². The lowest BCUT2D eigenvalue weighted by atomic mass is 10.2. The van der Waals surface area contributed by atoms with Crippen LogP contribution in [0.1, 0.15) is 30.3 Å². The van der Waals surface area contributed by atoms with E-state index in [9.17, 15) is 4.79 Å². The highest BCUT2D eigenvalue weighted by Crippen LogP contribution is 2.34. The second kappa shape index (κ2) is 7.72. The van der Waals surface area contributed by atoms with Crippen molar-refractivity contribution in [2.75, 3.05) is 19.0 Å². The molecule has 7 heteroatoms. The number of urea groups is 1. The number of benzene rings is 2. The second-order valence-electron chi connectivity index (χ2n) is 6.80. The van der Waals surface area contributed by atoms with Gasteiger partial charge in [-0.3, -0.25) is 0 Å². The second-order valence-corrected chi connectivity index (χ2v) is 6.80. The first-order valence-electron chi connectivity index (χ1n) is 9.27. The van der Waals surface area contributed by atoms with E-state index in [4.69, 9.17) is 9.26 Å². The predicted molar refractivity (Wildman–Crippen MR) is 105 cm³/mol. The topological polar surface area (TPSA) is 80.5 Å². The molecule has 0 aliphatic carbocycles. The van der Waals surface area contributed by atoms with Gasteiger partial charge in [-0.1, -0.05) is 35.0 Å². The fourth-order valence-electron chi connectivity index (χ4n) is 3.41. The molecule has 2 amide bonds. The molecule has 1 atom stereocenters. The molecule has 0 spiro atoms. The molecule has 0 unspecified atom stereocenters. The highest BCUT2D eigenvalue weighted by Gasteiger charge is 2.34. The number of carbonyl (C=O) groups is 1. The number of aryl methyl sites for hydroxylation is 1. The normalized spacial score (nSPS) is 16.2. The van der Waals surface area contributed by atoms with Crippen molar-refractivity contribution >= 4 is 11.7 Å². The number of ether oxygens (including phenoxy) is 1. The lowest BCUT2D eigenvalue weighted by molar-refractivity contribution is 0.193. The number of carbonyl (C=O) groups excluding carboxylic acids is 1. The Bertz CT molecular complexity index is 968. The molecule has 7 nitrogen and oxygen atoms in total. The molecule has 0 bridgehead atoms. The molecule has 28 heavy (non-hydrogen) atoms. The summed E-state index contributed by atoms with van der Waals surface area (Å²) in [7, 11) is 1.61. The lowest BCUT2D eigenvalue weighted by Gasteiger charge is -2.22. The Balaban J connectivity index is 1.53. The molecule has 1 aromatic heterocycles. The zero-order chi connectivity index (χ0) is 19.5. The quantitative estimate of drug-likeness (QED) is 0.727. The minimum absolute atomic E-state index is 0.164. The molecule has 4 rings (SSSR count). The van der Waals surface area contributed by atoms with E-state index >= 15 is 0 Å². The van der Waals surface area contributed by atoms with Crippen molar-refractivity contribution in [3.63, 3.8) is 0 Å². The number of nitrogens with one attached hydrogen (secondary N) is 1. The first-order chi connectivity index (χ1) is 13.7. The molecule has 1 saturated heterocycles. The fraction of sp³-hybridized carbons (Fsp3) is 0.286. The molecule has 0 saturated carbocycles. The molecule has 2 aromatic carbocycles. The number of hydrogen-bond acceptors (Lipinski definition) is 5. The monoisotopic (exact) mass is 378 g/mol. The number of hydrogen-bond donors (Lipinski definition) is 1. The van der Waals surface area contributed by atoms with Gasteiger partial charge in [-0.25, -0.2) is 4.79 Å². The number of anilines is 1. The summed E-state index contributed by atoms with van der Waals surface area (Å²) in [4.78, 5) is 19.1. The van der Waals surface area contributed by atoms with Gasteiger partial charge in [-0.15, -0.1) is 0 Å². The SMILES string of the molecule is COc1ccccc1-c1noc([C@H]2CCCN2C(=O)Nc2ccc(C)cc2)n1. The van der Waals surface area contributed by atoms with E-state index in [1.165, 1.54) is 0 Å². The van der Waals surface area contributed by atoms with Gasteiger partial charge < -0.3 is 19.5 Å². The molecule has 0 radical (unpaired) electrons. The van der Waals surface area contributed by atoms with Crippen LogP contribution in [0.4, 0.5) is 10.5 Å². The van der Waals surface area contributed by atoms with Gasteiger partial charge in [-0.2, -0.15) is 4.98 Å². The Morgan fingerprint density at radius 1 is 1.21 bits per heavy atom. The van der Waals surface area contributed by atoms with Gasteiger partial charge in [0.05, 0.1) is 12.7 Å². The third-order valence-electron chi connectivity index (χ3n) is 4.89. The number of aromatic nitrogens is 2. The van der Waals surface area contributed by atoms with Crippen LogP contribution in [0.25, 0.3) is 11.4 Å². The van der Waals surface area contributed by atoms with E-state index in [0.717, 1.165) is 29.7 Å². The van der Waals surface area contributed by atoms with Gasteiger partial charge in [0.25, 0.3) is 0 Å². The number of rotatable bonds is 4. The maximum absolute atomic E-state index is 12.8. The van der Waals surface area contributed by atoms with Crippen molar-refractivity contribution in [1.29, 1.82) is 0 Å². The largest absolute Gasteiger partial charge is 0.496 e. The Labute approximate surface area is 163 Å². The van der Waals surface area contributed by atoms with Crippen molar-refractivity contribution in [3.05, 3.63) is 60.0 Å². The van der Waals surface area contributed by atoms with Crippen LogP contribution in [-0.4, -0.2) is 34.7 Å². The first kappa shape index (κ1) is 18.0. The average molecular weight is 378 g/mol. The minimum atomic E-state index is -0.235. The lowest BCUT2D eigenvalue weighted by Crippen LogP contribution is -2.34. The zero-order valence-electron chi connectivity index (χ0n) is 15.9. The summed E-state index contributed by atoms with van der Waals surface area (Å²) in [6.45, 7) is 2.66. The van der Waals surface area contributed by atoms with E-state index < -0.39 is 0 Å². The Morgan fingerprint density at radius 3 is 2.79 bits per heavy atom. The molecule has 3 aromatic rings. The highest BCUT2D eigenvalue weighted by molar-refractivity contribution is 5.89. The highest BCUT2D eigenvalue weighted by atomic mass is 16.5. The summed E-state index contributed by atoms with van der Waals surface area (Å²) < 4.78 is 10.9. The minimum Gasteiger partial charge on any atom is -0.496 e. The van der Waals surface area contributed by atoms with E-state index in [0.29, 0.717) is 24.0 Å². The molecular formula is C21H22N4O3. The standard InChI is InChI=1S/C21H22N4O3/c1-14-9-11-15(12-10-14)22-21(26)25-13-5-7-17(25)20-23-19(24-28-20)16-6-3-4-8-18(16)27-2/h3-4,6,8-12,17H,5,7,13H2,1-2H3,(H,22,26)/t17-/m1/s1. The molecule has 144 valence electrons. The summed E-state index contributed by atoms with van der Waals surface area (Å²) in [5.41, 5.74) is 2.67. The predicted octanol–water partition coefficient (Wildman–Crippen LogP) is 4.42. The number of likely N-dealkylation sites (tertiary alicyclic amines) is 1. The Kier molecular flexibility index (Phi) is 4.97. The molecule has 1 N–H and O–H groups in total. The van der Waals surface area contributed by atoms with E-state index in [-0.39, 0.29) is 12.1 Å². The van der Waals surface area contributed by atoms with Crippen molar-refractivity contribution in [3.8, 4) is 17.1 Å². The Morgan fingerprint density at radius 2 is 2.00 bits per heavy atom. The summed E-state index contributed by atoms with van der Waals surface area (Å²) in [6.07, 6.45) is 1.67. The van der Waals surface area contributed by atoms with Crippen molar-refractivity contribution in [2.24, 2.45) is 0 Å². The van der Waals surface area contributed by atoms with Crippen LogP contribution in [0.15, 0.2) is 53.1 Å². The zero-order valence-corrected chi connectivity index (χ0v) is 15.9. The van der Waals surface area contributed by atoms with E-state index in [1.807, 2.05) is 55.5 Å². The number of nitrogens with zero attached hydrogens (tertiary/aromatic N) is 3. The summed E-state index contributed by atoms with van der Waals surface area (Å²) in [5.74, 6) is 1.57. The van der Waals surface area contributed by atoms with Gasteiger partial charge in [0.2, 0.25) is 11.7 Å². The van der Waals surface area contributed by atoms with Crippen LogP contribution >= 0.6 is 0 Å². The number of amides is 2. The number of para-hydroxylation sites is 1. The summed E-state index contributed by atoms with van der Waals surface area (Å²) in [6, 6.07) is 14.8. The van der Waals surface area contributed by atoms with Crippen LogP contribution in [-0.2, 0) is 0 Å². The van der Waals surface area contributed by atoms with Gasteiger partial charge in [0, 0.05) is 12.2 Å².